The van der Waals surface area contributed by atoms with E-state index in [1.807, 2.05) is 0 Å². The van der Waals surface area contributed by atoms with Crippen LogP contribution in [0, 0.1) is 5.21 Å². The smallest absolute Gasteiger partial charge is 0.422 e. The van der Waals surface area contributed by atoms with Gasteiger partial charge < -0.3 is 9.94 Å². The summed E-state index contributed by atoms with van der Waals surface area (Å²) in [4.78, 5) is 11.5. The second-order valence-electron chi connectivity index (χ2n) is 4.05. The Balaban J connectivity index is 2.58. The molecule has 1 heterocycles. The largest absolute Gasteiger partial charge is 0.618 e. The van der Waals surface area contributed by atoms with E-state index in [9.17, 15) is 23.2 Å². The van der Waals surface area contributed by atoms with Crippen LogP contribution in [0.5, 0.6) is 0 Å². The molecule has 1 aromatic carbocycles. The van der Waals surface area contributed by atoms with E-state index < -0.39 is 17.7 Å². The molecule has 0 bridgehead atoms. The number of halogens is 3. The van der Waals surface area contributed by atoms with E-state index in [-0.39, 0.29) is 27.8 Å². The Hall–Kier alpha value is -2.31. The maximum absolute atomic E-state index is 12.6. The van der Waals surface area contributed by atoms with Gasteiger partial charge in [0.15, 0.2) is 6.20 Å². The molecule has 0 aliphatic heterocycles. The SMILES string of the molecule is CCOC(=O)c1ccc2c(c1)cc(C(F)(F)F)c[n+]2[O-]. The highest BCUT2D eigenvalue weighted by molar-refractivity contribution is 5.93. The monoisotopic (exact) mass is 285 g/mol. The lowest BCUT2D eigenvalue weighted by Crippen LogP contribution is -2.29. The Morgan fingerprint density at radius 1 is 1.35 bits per heavy atom. The molecule has 0 N–H and O–H groups in total. The zero-order chi connectivity index (χ0) is 14.9. The maximum atomic E-state index is 12.6. The van der Waals surface area contributed by atoms with Crippen molar-refractivity contribution in [3.63, 3.8) is 0 Å². The van der Waals surface area contributed by atoms with E-state index in [1.54, 1.807) is 6.92 Å². The average molecular weight is 285 g/mol. The molecule has 0 aliphatic rings. The predicted molar refractivity (Wildman–Crippen MR) is 63.9 cm³/mol. The quantitative estimate of drug-likeness (QED) is 0.484. The molecule has 0 amide bonds. The number of fused-ring (bicyclic) bond motifs is 1. The Morgan fingerprint density at radius 3 is 2.65 bits per heavy atom. The van der Waals surface area contributed by atoms with Gasteiger partial charge in [-0.25, -0.2) is 4.79 Å². The molecule has 0 saturated heterocycles. The number of nitrogens with zero attached hydrogens (tertiary/aromatic N) is 1. The number of benzene rings is 1. The molecule has 2 aromatic rings. The Kier molecular flexibility index (Phi) is 3.52. The Bertz CT molecular complexity index is 668. The van der Waals surface area contributed by atoms with E-state index in [1.165, 1.54) is 18.2 Å². The normalized spacial score (nSPS) is 11.6. The van der Waals surface area contributed by atoms with Gasteiger partial charge in [0.25, 0.3) is 0 Å². The number of alkyl halides is 3. The first-order chi connectivity index (χ1) is 9.32. The molecule has 2 rings (SSSR count). The van der Waals surface area contributed by atoms with Crippen LogP contribution in [0.4, 0.5) is 13.2 Å². The van der Waals surface area contributed by atoms with Crippen molar-refractivity contribution in [2.75, 3.05) is 6.61 Å². The average Bonchev–Trinajstić information content (AvgIpc) is 2.37. The number of pyridine rings is 1. The van der Waals surface area contributed by atoms with Crippen LogP contribution >= 0.6 is 0 Å². The first kappa shape index (κ1) is 14.1. The standard InChI is InChI=1S/C13H10F3NO3/c1-2-20-12(18)8-3-4-11-9(5-8)6-10(7-17(11)19)13(14,15)16/h3-7H,2H2,1H3. The molecule has 0 radical (unpaired) electrons. The van der Waals surface area contributed by atoms with Crippen molar-refractivity contribution >= 4 is 16.9 Å². The summed E-state index contributed by atoms with van der Waals surface area (Å²) < 4.78 is 42.8. The molecule has 4 nitrogen and oxygen atoms in total. The van der Waals surface area contributed by atoms with Crippen LogP contribution in [0.25, 0.3) is 10.9 Å². The van der Waals surface area contributed by atoms with E-state index in [2.05, 4.69) is 0 Å². The van der Waals surface area contributed by atoms with Gasteiger partial charge in [-0.05, 0) is 25.1 Å². The van der Waals surface area contributed by atoms with Crippen molar-refractivity contribution < 1.29 is 27.4 Å². The van der Waals surface area contributed by atoms with Gasteiger partial charge in [0.05, 0.1) is 12.2 Å². The van der Waals surface area contributed by atoms with Gasteiger partial charge >= 0.3 is 12.1 Å². The minimum absolute atomic E-state index is 0.0281. The fourth-order valence-electron chi connectivity index (χ4n) is 1.77. The van der Waals surface area contributed by atoms with Crippen molar-refractivity contribution in [3.8, 4) is 0 Å². The lowest BCUT2D eigenvalue weighted by Gasteiger charge is -2.09. The summed E-state index contributed by atoms with van der Waals surface area (Å²) in [6.45, 7) is 1.77. The van der Waals surface area contributed by atoms with Crippen molar-refractivity contribution in [2.24, 2.45) is 0 Å². The third-order valence-corrected chi connectivity index (χ3v) is 2.67. The molecule has 7 heteroatoms. The van der Waals surface area contributed by atoms with Gasteiger partial charge in [0.1, 0.15) is 5.56 Å². The summed E-state index contributed by atoms with van der Waals surface area (Å²) in [6.07, 6.45) is -4.16. The van der Waals surface area contributed by atoms with Gasteiger partial charge in [-0.3, -0.25) is 0 Å². The fourth-order valence-corrected chi connectivity index (χ4v) is 1.77. The lowest BCUT2D eigenvalue weighted by molar-refractivity contribution is -0.578. The minimum Gasteiger partial charge on any atom is -0.618 e. The zero-order valence-corrected chi connectivity index (χ0v) is 10.4. The van der Waals surface area contributed by atoms with E-state index in [0.29, 0.717) is 6.20 Å². The highest BCUT2D eigenvalue weighted by Crippen LogP contribution is 2.30. The molecular weight excluding hydrogens is 275 g/mol. The second kappa shape index (κ2) is 4.99. The number of aromatic nitrogens is 1. The predicted octanol–water partition coefficient (Wildman–Crippen LogP) is 2.67. The van der Waals surface area contributed by atoms with Crippen LogP contribution in [0.15, 0.2) is 30.5 Å². The molecule has 106 valence electrons. The number of hydrogen-bond donors (Lipinski definition) is 0. The van der Waals surface area contributed by atoms with Gasteiger partial charge in [0, 0.05) is 11.5 Å². The van der Waals surface area contributed by atoms with Gasteiger partial charge in [0.2, 0.25) is 5.52 Å². The lowest BCUT2D eigenvalue weighted by atomic mass is 10.1. The van der Waals surface area contributed by atoms with Crippen molar-refractivity contribution in [1.82, 2.24) is 0 Å². The third kappa shape index (κ3) is 2.66. The molecule has 0 atom stereocenters. The summed E-state index contributed by atoms with van der Waals surface area (Å²) in [7, 11) is 0. The van der Waals surface area contributed by atoms with Gasteiger partial charge in [-0.2, -0.15) is 17.9 Å². The summed E-state index contributed by atoms with van der Waals surface area (Å²) in [6, 6.07) is 4.65. The third-order valence-electron chi connectivity index (χ3n) is 2.67. The number of rotatable bonds is 2. The summed E-state index contributed by atoms with van der Waals surface area (Å²) >= 11 is 0. The van der Waals surface area contributed by atoms with Crippen molar-refractivity contribution in [1.29, 1.82) is 0 Å². The highest BCUT2D eigenvalue weighted by atomic mass is 19.4. The number of hydrogen-bond acceptors (Lipinski definition) is 3. The van der Waals surface area contributed by atoms with Crippen LogP contribution in [0.2, 0.25) is 0 Å². The van der Waals surface area contributed by atoms with E-state index in [4.69, 9.17) is 4.74 Å². The molecular formula is C13H10F3NO3. The second-order valence-corrected chi connectivity index (χ2v) is 4.05. The highest BCUT2D eigenvalue weighted by Gasteiger charge is 2.33. The zero-order valence-electron chi connectivity index (χ0n) is 10.4. The van der Waals surface area contributed by atoms with E-state index in [0.717, 1.165) is 6.07 Å². The summed E-state index contributed by atoms with van der Waals surface area (Å²) in [5, 5.41) is 11.6. The van der Waals surface area contributed by atoms with Gasteiger partial charge in [-0.15, -0.1) is 0 Å². The van der Waals surface area contributed by atoms with Crippen LogP contribution in [0.1, 0.15) is 22.8 Å². The van der Waals surface area contributed by atoms with Crippen LogP contribution in [0.3, 0.4) is 0 Å². The molecule has 1 aromatic heterocycles. The molecule has 0 spiro atoms. The molecule has 0 aliphatic carbocycles. The number of esters is 1. The molecule has 0 unspecified atom stereocenters. The number of carbonyl (C=O) groups excluding carboxylic acids is 1. The topological polar surface area (TPSA) is 53.2 Å². The van der Waals surface area contributed by atoms with Crippen molar-refractivity contribution in [2.45, 2.75) is 13.1 Å². The summed E-state index contributed by atoms with van der Waals surface area (Å²) in [5.41, 5.74) is -0.925. The fraction of sp³-hybridized carbons (Fsp3) is 0.231. The van der Waals surface area contributed by atoms with Crippen LogP contribution in [-0.4, -0.2) is 12.6 Å². The first-order valence-corrected chi connectivity index (χ1v) is 5.74. The van der Waals surface area contributed by atoms with Crippen molar-refractivity contribution in [3.05, 3.63) is 46.8 Å². The Morgan fingerprint density at radius 2 is 2.05 bits per heavy atom. The first-order valence-electron chi connectivity index (χ1n) is 5.74. The van der Waals surface area contributed by atoms with Gasteiger partial charge in [-0.1, -0.05) is 0 Å². The minimum atomic E-state index is -4.62. The van der Waals surface area contributed by atoms with Crippen LogP contribution in [-0.2, 0) is 10.9 Å². The molecule has 0 saturated carbocycles. The van der Waals surface area contributed by atoms with Crippen LogP contribution < -0.4 is 4.73 Å². The Labute approximate surface area is 112 Å². The maximum Gasteiger partial charge on any atom is 0.422 e. The summed E-state index contributed by atoms with van der Waals surface area (Å²) in [5.74, 6) is -0.649. The molecule has 0 fully saturated rings. The number of carbonyl (C=O) groups is 1. The van der Waals surface area contributed by atoms with E-state index >= 15 is 0 Å². The number of ether oxygens (including phenoxy) is 1. The molecule has 20 heavy (non-hydrogen) atoms.